The summed E-state index contributed by atoms with van der Waals surface area (Å²) >= 11 is 0. The maximum atomic E-state index is 12.8. The number of hydrogen-bond acceptors (Lipinski definition) is 6. The van der Waals surface area contributed by atoms with Gasteiger partial charge in [-0.05, 0) is 31.2 Å². The first-order chi connectivity index (χ1) is 9.63. The van der Waals surface area contributed by atoms with Gasteiger partial charge in [0, 0.05) is 5.56 Å². The van der Waals surface area contributed by atoms with E-state index in [0.29, 0.717) is 23.2 Å². The number of nitrogens with two attached hydrogens (primary N) is 1. The fourth-order valence-corrected chi connectivity index (χ4v) is 1.68. The fourth-order valence-electron chi connectivity index (χ4n) is 1.68. The van der Waals surface area contributed by atoms with Crippen molar-refractivity contribution in [3.8, 4) is 11.5 Å². The summed E-state index contributed by atoms with van der Waals surface area (Å²) in [5, 5.41) is 15.5. The van der Waals surface area contributed by atoms with Crippen LogP contribution in [0.15, 0.2) is 28.7 Å². The highest BCUT2D eigenvalue weighted by molar-refractivity contribution is 5.51. The molecule has 0 unspecified atom stereocenters. The molecule has 0 aliphatic heterocycles. The van der Waals surface area contributed by atoms with Gasteiger partial charge in [-0.2, -0.15) is 0 Å². The molecule has 0 saturated heterocycles. The number of aromatic nitrogens is 5. The Balaban J connectivity index is 1.83. The first-order valence-electron chi connectivity index (χ1n) is 5.87. The lowest BCUT2D eigenvalue weighted by molar-refractivity contribution is 0.465. The molecule has 0 amide bonds. The number of benzene rings is 1. The van der Waals surface area contributed by atoms with Gasteiger partial charge in [0.15, 0.2) is 5.82 Å². The summed E-state index contributed by atoms with van der Waals surface area (Å²) in [5.74, 6) is 0.744. The van der Waals surface area contributed by atoms with Crippen LogP contribution >= 0.6 is 0 Å². The van der Waals surface area contributed by atoms with Gasteiger partial charge in [-0.3, -0.25) is 0 Å². The molecule has 0 aliphatic rings. The summed E-state index contributed by atoms with van der Waals surface area (Å²) < 4.78 is 19.9. The molecule has 0 bridgehead atoms. The van der Waals surface area contributed by atoms with Crippen LogP contribution in [-0.4, -0.2) is 25.2 Å². The second-order valence-corrected chi connectivity index (χ2v) is 4.23. The van der Waals surface area contributed by atoms with E-state index in [-0.39, 0.29) is 12.4 Å². The predicted molar refractivity (Wildman–Crippen MR) is 68.0 cm³/mol. The van der Waals surface area contributed by atoms with Crippen molar-refractivity contribution in [3.05, 3.63) is 41.7 Å². The van der Waals surface area contributed by atoms with E-state index in [1.807, 2.05) is 0 Å². The molecule has 0 aliphatic carbocycles. The standard InChI is InChI=1S/C12H11FN6O/c1-7-11(14)16-18-19(7)6-10-15-17-12(20-10)8-2-4-9(13)5-3-8/h2-5H,6,14H2,1H3. The van der Waals surface area contributed by atoms with Crippen molar-refractivity contribution < 1.29 is 8.81 Å². The highest BCUT2D eigenvalue weighted by atomic mass is 19.1. The summed E-state index contributed by atoms with van der Waals surface area (Å²) in [6.07, 6.45) is 0. The van der Waals surface area contributed by atoms with Crippen LogP contribution in [0.3, 0.4) is 0 Å². The van der Waals surface area contributed by atoms with Crippen LogP contribution in [-0.2, 0) is 6.54 Å². The minimum Gasteiger partial charge on any atom is -0.419 e. The van der Waals surface area contributed by atoms with E-state index in [1.54, 1.807) is 23.7 Å². The SMILES string of the molecule is Cc1c(N)nnn1Cc1nnc(-c2ccc(F)cc2)o1. The second-order valence-electron chi connectivity index (χ2n) is 4.23. The Morgan fingerprint density at radius 1 is 1.20 bits per heavy atom. The molecule has 2 aromatic heterocycles. The van der Waals surface area contributed by atoms with Crippen molar-refractivity contribution in [3.63, 3.8) is 0 Å². The van der Waals surface area contributed by atoms with Crippen molar-refractivity contribution in [1.82, 2.24) is 25.2 Å². The quantitative estimate of drug-likeness (QED) is 0.775. The van der Waals surface area contributed by atoms with Gasteiger partial charge in [-0.1, -0.05) is 5.21 Å². The maximum Gasteiger partial charge on any atom is 0.247 e. The van der Waals surface area contributed by atoms with Crippen LogP contribution in [0.25, 0.3) is 11.5 Å². The van der Waals surface area contributed by atoms with Crippen LogP contribution in [0.4, 0.5) is 10.2 Å². The molecule has 3 rings (SSSR count). The summed E-state index contributed by atoms with van der Waals surface area (Å²) in [6, 6.07) is 5.82. The van der Waals surface area contributed by atoms with Crippen LogP contribution in [0.1, 0.15) is 11.6 Å². The largest absolute Gasteiger partial charge is 0.419 e. The Bertz CT molecular complexity index is 733. The fraction of sp³-hybridized carbons (Fsp3) is 0.167. The summed E-state index contributed by atoms with van der Waals surface area (Å²) in [5.41, 5.74) is 6.99. The van der Waals surface area contributed by atoms with Crippen molar-refractivity contribution in [1.29, 1.82) is 0 Å². The Morgan fingerprint density at radius 2 is 1.95 bits per heavy atom. The molecule has 102 valence electrons. The average molecular weight is 274 g/mol. The number of nitrogens with zero attached hydrogens (tertiary/aromatic N) is 5. The van der Waals surface area contributed by atoms with Gasteiger partial charge < -0.3 is 10.2 Å². The Labute approximate surface area is 113 Å². The van der Waals surface area contributed by atoms with Crippen LogP contribution in [0.5, 0.6) is 0 Å². The third kappa shape index (κ3) is 2.22. The maximum absolute atomic E-state index is 12.8. The van der Waals surface area contributed by atoms with E-state index >= 15 is 0 Å². The number of rotatable bonds is 3. The molecule has 0 fully saturated rings. The Hall–Kier alpha value is -2.77. The van der Waals surface area contributed by atoms with Crippen molar-refractivity contribution in [2.45, 2.75) is 13.5 Å². The smallest absolute Gasteiger partial charge is 0.247 e. The number of anilines is 1. The van der Waals surface area contributed by atoms with Gasteiger partial charge in [0.2, 0.25) is 11.8 Å². The number of nitrogen functional groups attached to an aromatic ring is 1. The second kappa shape index (κ2) is 4.72. The lowest BCUT2D eigenvalue weighted by Crippen LogP contribution is -2.04. The monoisotopic (exact) mass is 274 g/mol. The summed E-state index contributed by atoms with van der Waals surface area (Å²) in [4.78, 5) is 0. The number of hydrogen-bond donors (Lipinski definition) is 1. The molecule has 7 nitrogen and oxygen atoms in total. The molecular weight excluding hydrogens is 263 g/mol. The zero-order valence-electron chi connectivity index (χ0n) is 10.6. The van der Waals surface area contributed by atoms with Gasteiger partial charge in [0.05, 0.1) is 5.69 Å². The zero-order valence-corrected chi connectivity index (χ0v) is 10.6. The van der Waals surface area contributed by atoms with Gasteiger partial charge in [-0.25, -0.2) is 9.07 Å². The van der Waals surface area contributed by atoms with E-state index < -0.39 is 0 Å². The molecule has 2 heterocycles. The third-order valence-corrected chi connectivity index (χ3v) is 2.86. The molecule has 0 spiro atoms. The molecule has 20 heavy (non-hydrogen) atoms. The summed E-state index contributed by atoms with van der Waals surface area (Å²) in [7, 11) is 0. The predicted octanol–water partition coefficient (Wildman–Crippen LogP) is 1.41. The van der Waals surface area contributed by atoms with Gasteiger partial charge in [-0.15, -0.1) is 15.3 Å². The van der Waals surface area contributed by atoms with E-state index in [0.717, 1.165) is 5.69 Å². The highest BCUT2D eigenvalue weighted by Crippen LogP contribution is 2.18. The van der Waals surface area contributed by atoms with E-state index in [4.69, 9.17) is 10.2 Å². The van der Waals surface area contributed by atoms with Crippen LogP contribution in [0.2, 0.25) is 0 Å². The van der Waals surface area contributed by atoms with Crippen molar-refractivity contribution in [2.24, 2.45) is 0 Å². The molecule has 0 atom stereocenters. The van der Waals surface area contributed by atoms with E-state index in [1.165, 1.54) is 12.1 Å². The van der Waals surface area contributed by atoms with E-state index in [9.17, 15) is 4.39 Å². The molecule has 1 aromatic carbocycles. The normalized spacial score (nSPS) is 10.9. The molecule has 0 saturated carbocycles. The molecule has 2 N–H and O–H groups in total. The lowest BCUT2D eigenvalue weighted by Gasteiger charge is -1.98. The lowest BCUT2D eigenvalue weighted by atomic mass is 10.2. The first-order valence-corrected chi connectivity index (χ1v) is 5.87. The highest BCUT2D eigenvalue weighted by Gasteiger charge is 2.12. The van der Waals surface area contributed by atoms with Gasteiger partial charge >= 0.3 is 0 Å². The van der Waals surface area contributed by atoms with Crippen LogP contribution < -0.4 is 5.73 Å². The molecule has 3 aromatic rings. The first kappa shape index (κ1) is 12.3. The average Bonchev–Trinajstić information content (AvgIpc) is 3.02. The number of halogens is 1. The van der Waals surface area contributed by atoms with Crippen LogP contribution in [0, 0.1) is 12.7 Å². The molecule has 0 radical (unpaired) electrons. The molecule has 8 heteroatoms. The Morgan fingerprint density at radius 3 is 2.60 bits per heavy atom. The molecular formula is C12H11FN6O. The van der Waals surface area contributed by atoms with Gasteiger partial charge in [0.25, 0.3) is 0 Å². The van der Waals surface area contributed by atoms with E-state index in [2.05, 4.69) is 20.5 Å². The summed E-state index contributed by atoms with van der Waals surface area (Å²) in [6.45, 7) is 2.08. The van der Waals surface area contributed by atoms with Crippen molar-refractivity contribution >= 4 is 5.82 Å². The Kier molecular flexibility index (Phi) is 2.90. The third-order valence-electron chi connectivity index (χ3n) is 2.86. The zero-order chi connectivity index (χ0) is 14.1. The minimum absolute atomic E-state index is 0.282. The topological polar surface area (TPSA) is 95.7 Å². The minimum atomic E-state index is -0.317. The van der Waals surface area contributed by atoms with Crippen molar-refractivity contribution in [2.75, 3.05) is 5.73 Å². The van der Waals surface area contributed by atoms with Gasteiger partial charge in [0.1, 0.15) is 12.4 Å².